The molecule has 112 heavy (non-hydrogen) atoms. The number of allylic oxidation sites excluding steroid dienone is 4. The number of aromatic hydroxyl groups is 2. The number of aromatic amines is 1. The summed E-state index contributed by atoms with van der Waals surface area (Å²) in [6.45, 7) is 5.27. The number of ether oxygens (including phenoxy) is 9. The summed E-state index contributed by atoms with van der Waals surface area (Å²) in [6, 6.07) is 7.48. The third-order valence-electron chi connectivity index (χ3n) is 18.7. The number of carbonyl (C=O) groups excluding carboxylic acids is 6. The number of hydrogen-bond acceptors (Lipinski definition) is 34. The lowest BCUT2D eigenvalue weighted by molar-refractivity contribution is -0.387. The first kappa shape index (κ1) is 83.3. The van der Waals surface area contributed by atoms with E-state index in [2.05, 4.69) is 58.7 Å². The van der Waals surface area contributed by atoms with Gasteiger partial charge in [0.05, 0.1) is 112 Å². The predicted octanol–water partition coefficient (Wildman–Crippen LogP) is 0.746. The number of benzene rings is 3. The first-order valence-corrected chi connectivity index (χ1v) is 35.6. The largest absolute Gasteiger partial charge is 0.507 e. The zero-order chi connectivity index (χ0) is 80.4. The molecule has 0 saturated carbocycles. The molecular formula is C72H87N13O27. The first-order chi connectivity index (χ1) is 53.7. The minimum Gasteiger partial charge on any atom is -0.507 e. The second-order valence-corrected chi connectivity index (χ2v) is 26.5. The van der Waals surface area contributed by atoms with Crippen molar-refractivity contribution in [3.63, 3.8) is 0 Å². The van der Waals surface area contributed by atoms with Crippen LogP contribution in [-0.2, 0) is 65.2 Å². The number of nitrogens with zero attached hydrogens (tertiary/aromatic N) is 5. The number of hydrazine groups is 2. The smallest absolute Gasteiger partial charge is 0.407 e. The van der Waals surface area contributed by atoms with E-state index in [9.17, 15) is 89.3 Å². The Kier molecular flexibility index (Phi) is 28.8. The number of nitrogen functional groups attached to an aromatic ring is 1. The number of nitro benzene ring substituents is 1. The molecule has 0 spiro atoms. The number of fused-ring (bicyclic) bond motifs is 3. The van der Waals surface area contributed by atoms with Crippen LogP contribution in [0.1, 0.15) is 118 Å². The van der Waals surface area contributed by atoms with Crippen molar-refractivity contribution in [2.75, 3.05) is 84.1 Å². The van der Waals surface area contributed by atoms with Crippen LogP contribution in [0.25, 0.3) is 11.2 Å². The third kappa shape index (κ3) is 21.1. The number of carbonyl (C=O) groups is 7. The van der Waals surface area contributed by atoms with Crippen LogP contribution in [0, 0.1) is 16.0 Å². The molecule has 602 valence electrons. The maximum absolute atomic E-state index is 14.3. The number of aromatic nitrogens is 4. The van der Waals surface area contributed by atoms with E-state index in [1.807, 2.05) is 0 Å². The molecule has 6 unspecified atom stereocenters. The lowest BCUT2D eigenvalue weighted by Gasteiger charge is -2.39. The number of aliphatic hydroxyl groups excluding tert-OH is 5. The summed E-state index contributed by atoms with van der Waals surface area (Å²) in [4.78, 5) is 132. The topological polar surface area (TPSA) is 581 Å². The summed E-state index contributed by atoms with van der Waals surface area (Å²) in [5.74, 6) is -7.84. The molecule has 40 nitrogen and oxygen atoms in total. The number of H-pyrrole nitrogens is 1. The second-order valence-electron chi connectivity index (χ2n) is 26.5. The summed E-state index contributed by atoms with van der Waals surface area (Å²) >= 11 is 0. The van der Waals surface area contributed by atoms with Crippen molar-refractivity contribution in [1.29, 1.82) is 0 Å². The number of carboxylic acids is 1. The Labute approximate surface area is 637 Å². The molecule has 40 heteroatoms. The van der Waals surface area contributed by atoms with Crippen LogP contribution in [-0.4, -0.2) is 240 Å². The minimum absolute atomic E-state index is 0.00149. The zero-order valence-corrected chi connectivity index (χ0v) is 60.6. The molecule has 2 aliphatic carbocycles. The molecule has 5 heterocycles. The van der Waals surface area contributed by atoms with Crippen molar-refractivity contribution in [3.8, 4) is 17.2 Å². The highest BCUT2D eigenvalue weighted by atomic mass is 16.7. The molecule has 5 aliphatic rings. The number of aliphatic carboxylic acids is 1. The van der Waals surface area contributed by atoms with E-state index in [1.165, 1.54) is 49.7 Å². The number of anilines is 2. The van der Waals surface area contributed by atoms with Crippen molar-refractivity contribution in [1.82, 2.24) is 51.9 Å². The van der Waals surface area contributed by atoms with Crippen molar-refractivity contribution < 1.29 is 122 Å². The number of phenolic OH excluding ortho intramolecular Hbond substituents is 2. The van der Waals surface area contributed by atoms with Crippen LogP contribution in [0.5, 0.6) is 17.2 Å². The molecule has 17 N–H and O–H groups in total. The van der Waals surface area contributed by atoms with Gasteiger partial charge in [0, 0.05) is 84.5 Å². The van der Waals surface area contributed by atoms with Crippen molar-refractivity contribution >= 4 is 69.7 Å². The molecule has 12 atom stereocenters. The SMILES string of the molecule is C=C1C(=O)c2c(O)c3c(c(O)c2C(=O)C/C=C\C=C/1OC)CC(C(=O)CO)C[C@@H]3OC1CC(NC(=O)O[C@@H](CC2=CN(CCOCCOCCOCCNC(=O)CC[C@H](NC(=O)c3ccc(NCc4cnc5nc(N)[nH]c(=O)c5n4)cc3)C(=O)O)NN2)c2ccc(O[C@@H]3OC(CO)[C@H](O)C(O)[C@@H]3O)c([N+](=O)[O-])c2)CC(C)O1. The van der Waals surface area contributed by atoms with Gasteiger partial charge < -0.3 is 116 Å². The van der Waals surface area contributed by atoms with Gasteiger partial charge in [-0.3, -0.25) is 48.9 Å². The van der Waals surface area contributed by atoms with Gasteiger partial charge in [0.2, 0.25) is 23.9 Å². The fraction of sp³-hybridized carbons (Fsp3) is 0.458. The van der Waals surface area contributed by atoms with Crippen LogP contribution in [0.15, 0.2) is 101 Å². The molecule has 3 amide bonds. The number of alkyl carbamates (subject to hydrolysis) is 1. The fourth-order valence-corrected chi connectivity index (χ4v) is 13.0. The maximum Gasteiger partial charge on any atom is 0.407 e. The molecule has 10 rings (SSSR count). The number of aliphatic hydroxyl groups is 5. The fourth-order valence-electron chi connectivity index (χ4n) is 13.0. The van der Waals surface area contributed by atoms with Crippen molar-refractivity contribution in [3.05, 3.63) is 156 Å². The van der Waals surface area contributed by atoms with E-state index in [-0.39, 0.29) is 161 Å². The Morgan fingerprint density at radius 2 is 1.65 bits per heavy atom. The van der Waals surface area contributed by atoms with Gasteiger partial charge in [-0.2, -0.15) is 4.98 Å². The van der Waals surface area contributed by atoms with Crippen LogP contribution in [0.4, 0.5) is 22.1 Å². The van der Waals surface area contributed by atoms with Gasteiger partial charge >= 0.3 is 17.7 Å². The first-order valence-electron chi connectivity index (χ1n) is 35.6. The number of Topliss-reactive ketones (excluding diaryl/α,β-unsaturated/α-hetero) is 3. The van der Waals surface area contributed by atoms with Crippen LogP contribution < -0.4 is 48.3 Å². The highest BCUT2D eigenvalue weighted by Crippen LogP contribution is 2.50. The van der Waals surface area contributed by atoms with E-state index < -0.39 is 172 Å². The highest BCUT2D eigenvalue weighted by molar-refractivity contribution is 6.20. The number of hydrogen-bond donors (Lipinski definition) is 16. The number of methoxy groups -OCH3 is 1. The molecule has 2 aromatic heterocycles. The maximum atomic E-state index is 14.3. The Balaban J connectivity index is 0.694. The van der Waals surface area contributed by atoms with Gasteiger partial charge in [-0.05, 0) is 74.6 Å². The van der Waals surface area contributed by atoms with Gasteiger partial charge in [-0.1, -0.05) is 24.8 Å². The van der Waals surface area contributed by atoms with Gasteiger partial charge in [-0.15, -0.1) is 5.53 Å². The number of ketones is 3. The molecule has 3 aliphatic heterocycles. The Morgan fingerprint density at radius 1 is 0.911 bits per heavy atom. The van der Waals surface area contributed by atoms with Crippen LogP contribution in [0.2, 0.25) is 0 Å². The number of carboxylic acid groups (broad SMARTS) is 1. The Bertz CT molecular complexity index is 4460. The molecule has 2 saturated heterocycles. The Hall–Kier alpha value is -11.1. The quantitative estimate of drug-likeness (QED) is 0.00875. The predicted molar refractivity (Wildman–Crippen MR) is 387 cm³/mol. The molecular weight excluding hydrogens is 1480 g/mol. The number of phenols is 2. The molecule has 2 fully saturated rings. The molecule has 0 radical (unpaired) electrons. The third-order valence-corrected chi connectivity index (χ3v) is 18.7. The average molecular weight is 1570 g/mol. The average Bonchev–Trinajstić information content (AvgIpc) is 0.939. The lowest BCUT2D eigenvalue weighted by Crippen LogP contribution is -2.60. The van der Waals surface area contributed by atoms with E-state index in [4.69, 9.17) is 48.4 Å². The number of nitrogens with one attached hydrogen (secondary N) is 7. The zero-order valence-electron chi connectivity index (χ0n) is 60.6. The number of rotatable bonds is 35. The molecule has 3 aromatic carbocycles. The van der Waals surface area contributed by atoms with Gasteiger partial charge in [-0.25, -0.2) is 19.6 Å². The van der Waals surface area contributed by atoms with E-state index in [1.54, 1.807) is 30.3 Å². The van der Waals surface area contributed by atoms with E-state index in [0.717, 1.165) is 12.1 Å². The normalized spacial score (nSPS) is 23.0. The Morgan fingerprint density at radius 3 is 2.37 bits per heavy atom. The summed E-state index contributed by atoms with van der Waals surface area (Å²) in [5.41, 5.74) is 10.4. The summed E-state index contributed by atoms with van der Waals surface area (Å²) < 4.78 is 52.2. The monoisotopic (exact) mass is 1570 g/mol. The van der Waals surface area contributed by atoms with Crippen LogP contribution >= 0.6 is 0 Å². The summed E-state index contributed by atoms with van der Waals surface area (Å²) in [5, 5.41) is 110. The highest BCUT2D eigenvalue weighted by Gasteiger charge is 2.47. The second kappa shape index (κ2) is 38.7. The van der Waals surface area contributed by atoms with Crippen molar-refractivity contribution in [2.24, 2.45) is 5.92 Å². The van der Waals surface area contributed by atoms with E-state index >= 15 is 0 Å². The summed E-state index contributed by atoms with van der Waals surface area (Å²) in [6.07, 6.45) is -8.35. The lowest BCUT2D eigenvalue weighted by atomic mass is 9.75. The van der Waals surface area contributed by atoms with Gasteiger partial charge in [0.15, 0.2) is 34.8 Å². The van der Waals surface area contributed by atoms with Crippen molar-refractivity contribution in [2.45, 2.75) is 132 Å². The molecule has 5 aromatic rings. The number of nitrogens with two attached hydrogens (primary N) is 1. The van der Waals surface area contributed by atoms with Gasteiger partial charge in [0.25, 0.3) is 11.5 Å². The van der Waals surface area contributed by atoms with E-state index in [0.29, 0.717) is 17.1 Å². The molecule has 0 bridgehead atoms. The minimum atomic E-state index is -1.93. The van der Waals surface area contributed by atoms with Gasteiger partial charge in [0.1, 0.15) is 60.4 Å². The number of nitro groups is 1. The number of amides is 3. The van der Waals surface area contributed by atoms with Crippen LogP contribution in [0.3, 0.4) is 0 Å². The standard InChI is InChI=1S/C72H87N13O27/c1-35-24-41(29-55(108-35)109-52-27-39(48(89)33-86)25-44-56(52)63(94)58-57(61(44)92)47(88)6-4-5-7-49(104-3)36(2)60(58)91)78-72(101)112-51(38-10-14-50(46(26-38)85(102)103)110-70-65(96)64(95)62(93)53(34-87)111-70)28-42-32-84(83-82-42)17-19-106-21-23-107-22-20-105-18-16-74-54(90)15-13-45(69(99)100)79-67(97)37-8-11-40(12-9-37)75-30-43-31-76-66-59(77-43)68(98)81-71(73)80-66/h4-5,7-12,14,26,31-32,35,39,41,45,51-53,55,62,64-65,70,75,82-83,86-87,92-96H,2,6,13,15-25,27-30,33-34H2,1,3H3,(H,74,90)(H,78,101)(H,79,97)(H,99,100)(H3,73,76,80,81,98)/b5-4-,49-7+/t35?,39?,41?,45-,51-,52-,53?,55?,62-,64?,65-,70+/m0/s1. The summed E-state index contributed by atoms with van der Waals surface area (Å²) in [7, 11) is 1.29.